The topological polar surface area (TPSA) is 212 Å². The summed E-state index contributed by atoms with van der Waals surface area (Å²) in [5, 5.41) is 0. The molecule has 0 saturated carbocycles. The number of hydrogen-bond acceptors (Lipinski definition) is 11. The number of ether oxygens (including phenoxy) is 5. The Balaban J connectivity index is 4.84. The van der Waals surface area contributed by atoms with E-state index in [4.69, 9.17) is 23.7 Å². The molecule has 0 aliphatic rings. The molecule has 1 aromatic heterocycles. The van der Waals surface area contributed by atoms with Crippen LogP contribution in [0.1, 0.15) is 34.6 Å². The zero-order chi connectivity index (χ0) is 34.5. The lowest BCUT2D eigenvalue weighted by Crippen LogP contribution is -2.62. The number of H-pyrrole nitrogens is 4. The van der Waals surface area contributed by atoms with Crippen molar-refractivity contribution in [3.05, 3.63) is 60.8 Å². The maximum absolute atomic E-state index is 16.4. The van der Waals surface area contributed by atoms with Crippen molar-refractivity contribution in [2.24, 2.45) is 0 Å². The van der Waals surface area contributed by atoms with Crippen LogP contribution >= 0.6 is 50.4 Å². The van der Waals surface area contributed by atoms with Crippen LogP contribution in [0.15, 0.2) is 60.8 Å². The molecule has 5 unspecified atom stereocenters. The van der Waals surface area contributed by atoms with Gasteiger partial charge in [-0.2, -0.15) is 4.51 Å². The fraction of sp³-hybridized carbons (Fsp3) is 0.318. The van der Waals surface area contributed by atoms with E-state index in [1.54, 1.807) is 0 Å². The Morgan fingerprint density at radius 2 is 1.07 bits per heavy atom. The number of aromatic amines is 4. The van der Waals surface area contributed by atoms with Crippen LogP contribution < -0.4 is 0 Å². The van der Waals surface area contributed by atoms with Crippen LogP contribution in [0.5, 0.6) is 0 Å². The van der Waals surface area contributed by atoms with Crippen LogP contribution in [0, 0.1) is 0 Å². The van der Waals surface area contributed by atoms with Crippen molar-refractivity contribution in [2.75, 3.05) is 0 Å². The molecule has 0 aliphatic carbocycles. The van der Waals surface area contributed by atoms with E-state index in [-0.39, 0.29) is 66.2 Å². The first-order valence-corrected chi connectivity index (χ1v) is 18.1. The average Bonchev–Trinajstić information content (AvgIpc) is 2.93. The molecule has 0 radical (unpaired) electrons. The third kappa shape index (κ3) is 11.2. The molecule has 16 nitrogen and oxygen atoms in total. The normalized spacial score (nSPS) is 11.7. The third-order valence-corrected chi connectivity index (χ3v) is 11.7. The van der Waals surface area contributed by atoms with Gasteiger partial charge >= 0.3 is 41.3 Å². The van der Waals surface area contributed by atoms with Gasteiger partial charge < -0.3 is 37.2 Å². The Morgan fingerprint density at radius 1 is 0.689 bits per heavy atom. The van der Waals surface area contributed by atoms with E-state index in [1.807, 2.05) is 0 Å². The van der Waals surface area contributed by atoms with Crippen molar-refractivity contribution in [2.45, 2.75) is 46.1 Å². The van der Waals surface area contributed by atoms with Crippen LogP contribution in [-0.2, 0) is 53.2 Å². The second kappa shape index (κ2) is 17.9. The van der Waals surface area contributed by atoms with Crippen molar-refractivity contribution in [1.29, 1.82) is 0 Å². The van der Waals surface area contributed by atoms with Gasteiger partial charge in [-0.3, -0.25) is 4.51 Å². The fourth-order valence-corrected chi connectivity index (χ4v) is 10.2. The Bertz CT molecular complexity index is 1480. The highest BCUT2D eigenvalue weighted by Crippen LogP contribution is 2.56. The average molecular weight is 746 g/mol. The molecular formula is C22H33FN6O10P6. The molecule has 1 rings (SSSR count). The number of aromatic nitrogens is 6. The molecule has 0 spiro atoms. The predicted molar refractivity (Wildman–Crippen MR) is 175 cm³/mol. The van der Waals surface area contributed by atoms with Crippen molar-refractivity contribution < 1.29 is 52.1 Å². The quantitative estimate of drug-likeness (QED) is 0.111. The van der Waals surface area contributed by atoms with Gasteiger partial charge in [0.15, 0.2) is 7.85 Å². The van der Waals surface area contributed by atoms with E-state index in [0.717, 1.165) is 0 Å². The van der Waals surface area contributed by atoms with Crippen LogP contribution in [0.3, 0.4) is 0 Å². The highest BCUT2D eigenvalue weighted by Gasteiger charge is 2.73. The second-order valence-corrected chi connectivity index (χ2v) is 16.8. The van der Waals surface area contributed by atoms with E-state index < -0.39 is 57.7 Å². The molecule has 248 valence electrons. The fourth-order valence-electron chi connectivity index (χ4n) is 2.25. The van der Waals surface area contributed by atoms with Crippen LogP contribution in [0.25, 0.3) is 0 Å². The summed E-state index contributed by atoms with van der Waals surface area (Å²) in [6.45, 7) is 23.2. The molecule has 0 aromatic carbocycles. The molecule has 23 heteroatoms. The highest BCUT2D eigenvalue weighted by molar-refractivity contribution is 7.52. The molecular weight excluding hydrogens is 713 g/mol. The van der Waals surface area contributed by atoms with E-state index >= 15 is 4.48 Å². The number of halogens is 1. The number of nitrogens with one attached hydrogen (secondary N) is 4. The van der Waals surface area contributed by atoms with Crippen molar-refractivity contribution >= 4 is 80.2 Å². The van der Waals surface area contributed by atoms with E-state index in [0.29, 0.717) is 0 Å². The number of hydrogen-bond donors (Lipinski definition) is 4. The van der Waals surface area contributed by atoms with Gasteiger partial charge in [-0.05, 0) is 34.6 Å². The molecule has 0 saturated heterocycles. The second-order valence-electron chi connectivity index (χ2n) is 8.71. The summed E-state index contributed by atoms with van der Waals surface area (Å²) in [5.41, 5.74) is -5.32. The van der Waals surface area contributed by atoms with Gasteiger partial charge in [0, 0.05) is 61.9 Å². The monoisotopic (exact) mass is 746 g/mol. The Morgan fingerprint density at radius 3 is 1.47 bits per heavy atom. The minimum absolute atomic E-state index is 0.0161. The van der Waals surface area contributed by atoms with Crippen LogP contribution in [-0.4, -0.2) is 62.7 Å². The zero-order valence-corrected chi connectivity index (χ0v) is 30.6. The first-order chi connectivity index (χ1) is 20.9. The SMILES string of the molecule is C=C(C)C(=O)OC(OC(=O)C(=C)C)(OC(=O)C(=C)C)C(OC(=O)C(=C)C)(OC(=O)C(=C)C)p1[nH]pn[pH][nH][pH][nH][pH][nH][pH]n1F. The van der Waals surface area contributed by atoms with Gasteiger partial charge in [-0.15, -0.1) is 4.31 Å². The van der Waals surface area contributed by atoms with Crippen molar-refractivity contribution in [3.8, 4) is 0 Å². The largest absolute Gasteiger partial charge is 0.520 e. The summed E-state index contributed by atoms with van der Waals surface area (Å²) in [7, 11) is -4.81. The molecule has 0 bridgehead atoms. The molecule has 1 aromatic rings. The summed E-state index contributed by atoms with van der Waals surface area (Å²) in [6.07, 6.45) is 0. The van der Waals surface area contributed by atoms with Crippen molar-refractivity contribution in [1.82, 2.24) is 26.9 Å². The minimum atomic E-state index is -3.74. The van der Waals surface area contributed by atoms with Gasteiger partial charge in [0.05, 0.1) is 0 Å². The predicted octanol–water partition coefficient (Wildman–Crippen LogP) is 5.98. The van der Waals surface area contributed by atoms with Gasteiger partial charge in [0.25, 0.3) is 0 Å². The van der Waals surface area contributed by atoms with Crippen molar-refractivity contribution in [3.63, 3.8) is 0 Å². The Kier molecular flexibility index (Phi) is 15.8. The molecule has 0 amide bonds. The first kappa shape index (κ1) is 39.6. The summed E-state index contributed by atoms with van der Waals surface area (Å²) in [5.74, 6) is -10.8. The third-order valence-electron chi connectivity index (χ3n) is 4.42. The maximum atomic E-state index is 16.4. The Labute approximate surface area is 265 Å². The van der Waals surface area contributed by atoms with Crippen LogP contribution in [0.4, 0.5) is 4.48 Å². The van der Waals surface area contributed by atoms with E-state index in [1.165, 1.54) is 34.6 Å². The highest BCUT2D eigenvalue weighted by atomic mass is 31.2. The molecule has 45 heavy (non-hydrogen) atoms. The van der Waals surface area contributed by atoms with Crippen LogP contribution in [0.2, 0.25) is 0 Å². The standard InChI is InChI=1S/C22H33FN6O10P6/c1-11(2)16(30)35-21(36-17(31)12(3)4,37-18(32)13(5)6)22(38-19(33)14(7)8,39-20(34)15(9)10)45-28-43-26-41-24-40-25-42-27-44-29(45)23/h24-25,27,40-42,44H,1,3,5,7,9H2,2,4,6,8,10H3,(H,26,28). The smallest absolute Gasteiger partial charge is 0.399 e. The first-order valence-electron chi connectivity index (χ1n) is 12.0. The lowest BCUT2D eigenvalue weighted by molar-refractivity contribution is -0.428. The molecule has 0 fully saturated rings. The van der Waals surface area contributed by atoms with Gasteiger partial charge in [0.2, 0.25) is 0 Å². The summed E-state index contributed by atoms with van der Waals surface area (Å²) in [4.78, 5) is 66.2. The zero-order valence-electron chi connectivity index (χ0n) is 24.8. The minimum Gasteiger partial charge on any atom is -0.399 e. The van der Waals surface area contributed by atoms with Gasteiger partial charge in [0.1, 0.15) is 8.51 Å². The summed E-state index contributed by atoms with van der Waals surface area (Å²) in [6, 6.07) is 0. The molecule has 4 N–H and O–H groups in total. The number of carbonyl (C=O) groups excluding carboxylic acids is 5. The number of rotatable bonds is 12. The van der Waals surface area contributed by atoms with E-state index in [2.05, 4.69) is 55.4 Å². The number of carbonyl (C=O) groups is 5. The lowest BCUT2D eigenvalue weighted by Gasteiger charge is -2.42. The molecule has 1 heterocycles. The maximum Gasteiger partial charge on any atom is 0.520 e. The molecule has 0 aliphatic heterocycles. The van der Waals surface area contributed by atoms with Gasteiger partial charge in [-0.1, -0.05) is 37.4 Å². The number of esters is 5. The van der Waals surface area contributed by atoms with Gasteiger partial charge in [-0.25, -0.2) is 24.0 Å². The summed E-state index contributed by atoms with van der Waals surface area (Å²) >= 11 is 0. The number of nitrogens with zero attached hydrogens (tertiary/aromatic N) is 2. The lowest BCUT2D eigenvalue weighted by atomic mass is 10.3. The Hall–Kier alpha value is -3.42. The van der Waals surface area contributed by atoms with E-state index in [9.17, 15) is 24.0 Å². The molecule has 5 atom stereocenters. The summed E-state index contributed by atoms with van der Waals surface area (Å²) < 4.78 is 59.4.